The Kier molecular flexibility index (Phi) is 6.17. The van der Waals surface area contributed by atoms with Crippen molar-refractivity contribution < 1.29 is 27.4 Å². The van der Waals surface area contributed by atoms with Gasteiger partial charge in [0.2, 0.25) is 11.6 Å². The van der Waals surface area contributed by atoms with E-state index < -0.39 is 23.7 Å². The van der Waals surface area contributed by atoms with Gasteiger partial charge in [0, 0.05) is 19.0 Å². The second kappa shape index (κ2) is 8.27. The van der Waals surface area contributed by atoms with Crippen molar-refractivity contribution in [2.45, 2.75) is 70.4 Å². The number of unbranched alkanes of at least 4 members (excludes halogenated alkanes) is 2. The summed E-state index contributed by atoms with van der Waals surface area (Å²) in [4.78, 5) is 16.1. The van der Waals surface area contributed by atoms with Gasteiger partial charge in [-0.15, -0.1) is 0 Å². The van der Waals surface area contributed by atoms with Gasteiger partial charge >= 0.3 is 12.1 Å². The van der Waals surface area contributed by atoms with Crippen molar-refractivity contribution in [1.29, 1.82) is 0 Å². The third kappa shape index (κ3) is 4.59. The molecule has 2 heterocycles. The fourth-order valence-electron chi connectivity index (χ4n) is 3.96. The lowest BCUT2D eigenvalue weighted by atomic mass is 10.0. The van der Waals surface area contributed by atoms with E-state index in [1.54, 1.807) is 0 Å². The van der Waals surface area contributed by atoms with E-state index in [1.807, 2.05) is 6.92 Å². The largest absolute Gasteiger partial charge is 0.469 e. The zero-order chi connectivity index (χ0) is 20.4. The SMILES string of the molecule is CCCCCC(C)C(=O)O[C@]12C[C@H](CN1)C[C@H]2Oc1cccc(C(F)(F)F)n1. The van der Waals surface area contributed by atoms with Gasteiger partial charge in [0.05, 0.1) is 5.92 Å². The first-order chi connectivity index (χ1) is 13.2. The molecule has 0 amide bonds. The maximum atomic E-state index is 12.9. The smallest absolute Gasteiger partial charge is 0.433 e. The molecule has 0 spiro atoms. The van der Waals surface area contributed by atoms with E-state index in [-0.39, 0.29) is 23.7 Å². The van der Waals surface area contributed by atoms with Gasteiger partial charge in [0.25, 0.3) is 0 Å². The van der Waals surface area contributed by atoms with Crippen molar-refractivity contribution in [3.63, 3.8) is 0 Å². The first-order valence-corrected chi connectivity index (χ1v) is 9.92. The molecule has 156 valence electrons. The maximum Gasteiger partial charge on any atom is 0.433 e. The Morgan fingerprint density at radius 1 is 1.39 bits per heavy atom. The highest BCUT2D eigenvalue weighted by atomic mass is 19.4. The second-order valence-corrected chi connectivity index (χ2v) is 7.86. The normalized spacial score (nSPS) is 27.6. The maximum absolute atomic E-state index is 12.9. The first-order valence-electron chi connectivity index (χ1n) is 9.92. The molecule has 2 fully saturated rings. The van der Waals surface area contributed by atoms with E-state index in [4.69, 9.17) is 9.47 Å². The first kappa shape index (κ1) is 20.9. The van der Waals surface area contributed by atoms with Crippen LogP contribution in [0.2, 0.25) is 0 Å². The average Bonchev–Trinajstić information content (AvgIpc) is 3.18. The highest BCUT2D eigenvalue weighted by molar-refractivity contribution is 5.72. The molecule has 1 saturated heterocycles. The van der Waals surface area contributed by atoms with Crippen molar-refractivity contribution in [2.24, 2.45) is 11.8 Å². The number of nitrogens with one attached hydrogen (secondary N) is 1. The Balaban J connectivity index is 1.68. The minimum atomic E-state index is -4.54. The van der Waals surface area contributed by atoms with E-state index in [0.717, 1.165) is 31.7 Å². The molecule has 1 unspecified atom stereocenters. The van der Waals surface area contributed by atoms with Gasteiger partial charge in [-0.25, -0.2) is 4.98 Å². The van der Waals surface area contributed by atoms with Crippen molar-refractivity contribution in [2.75, 3.05) is 6.54 Å². The number of aromatic nitrogens is 1. The average molecular weight is 400 g/mol. The molecular weight excluding hydrogens is 373 g/mol. The molecule has 8 heteroatoms. The fraction of sp³-hybridized carbons (Fsp3) is 0.700. The van der Waals surface area contributed by atoms with Crippen LogP contribution in [0.25, 0.3) is 0 Å². The zero-order valence-electron chi connectivity index (χ0n) is 16.2. The molecule has 0 aromatic carbocycles. The molecule has 4 atom stereocenters. The lowest BCUT2D eigenvalue weighted by molar-refractivity contribution is -0.176. The molecule has 1 aromatic heterocycles. The minimum Gasteiger partial charge on any atom is -0.469 e. The number of fused-ring (bicyclic) bond motifs is 2. The van der Waals surface area contributed by atoms with E-state index >= 15 is 0 Å². The third-order valence-electron chi connectivity index (χ3n) is 5.55. The Labute approximate surface area is 163 Å². The van der Waals surface area contributed by atoms with E-state index in [1.165, 1.54) is 12.1 Å². The number of alkyl halides is 3. The summed E-state index contributed by atoms with van der Waals surface area (Å²) < 4.78 is 50.3. The summed E-state index contributed by atoms with van der Waals surface area (Å²) in [5.41, 5.74) is -1.99. The highest BCUT2D eigenvalue weighted by Gasteiger charge is 2.57. The summed E-state index contributed by atoms with van der Waals surface area (Å²) in [7, 11) is 0. The molecule has 28 heavy (non-hydrogen) atoms. The number of hydrogen-bond donors (Lipinski definition) is 1. The second-order valence-electron chi connectivity index (χ2n) is 7.86. The predicted octanol–water partition coefficient (Wildman–Crippen LogP) is 4.32. The van der Waals surface area contributed by atoms with Crippen LogP contribution in [0.1, 0.15) is 58.1 Å². The van der Waals surface area contributed by atoms with Gasteiger partial charge < -0.3 is 9.47 Å². The number of carbonyl (C=O) groups is 1. The molecule has 1 saturated carbocycles. The van der Waals surface area contributed by atoms with Gasteiger partial charge in [0.15, 0.2) is 6.10 Å². The summed E-state index contributed by atoms with van der Waals surface area (Å²) in [6, 6.07) is 3.56. The standard InChI is InChI=1S/C20H27F3N2O3/c1-3-4-5-7-13(2)18(26)28-19-11-14(12-24-19)10-16(19)27-17-9-6-8-15(25-17)20(21,22)23/h6,8-9,13-14,16,24H,3-5,7,10-12H2,1-2H3/t13?,14-,16-,19+/m1/s1. The Hall–Kier alpha value is -1.83. The molecule has 1 N–H and O–H groups in total. The fourth-order valence-corrected chi connectivity index (χ4v) is 3.96. The topological polar surface area (TPSA) is 60.5 Å². The number of nitrogens with zero attached hydrogens (tertiary/aromatic N) is 1. The van der Waals surface area contributed by atoms with Crippen LogP contribution in [0, 0.1) is 11.8 Å². The van der Waals surface area contributed by atoms with Crippen LogP contribution in [0.4, 0.5) is 13.2 Å². The van der Waals surface area contributed by atoms with Crippen LogP contribution in [0.5, 0.6) is 5.88 Å². The number of ether oxygens (including phenoxy) is 2. The van der Waals surface area contributed by atoms with Crippen LogP contribution >= 0.6 is 0 Å². The molecule has 1 aliphatic heterocycles. The van der Waals surface area contributed by atoms with Crippen LogP contribution in [-0.4, -0.2) is 29.3 Å². The van der Waals surface area contributed by atoms with Crippen molar-refractivity contribution >= 4 is 5.97 Å². The van der Waals surface area contributed by atoms with Gasteiger partial charge in [0.1, 0.15) is 5.69 Å². The number of carbonyl (C=O) groups excluding carboxylic acids is 1. The zero-order valence-corrected chi connectivity index (χ0v) is 16.2. The number of rotatable bonds is 8. The van der Waals surface area contributed by atoms with Crippen molar-refractivity contribution in [3.05, 3.63) is 23.9 Å². The van der Waals surface area contributed by atoms with Gasteiger partial charge in [-0.2, -0.15) is 13.2 Å². The number of pyridine rings is 1. The lowest BCUT2D eigenvalue weighted by Crippen LogP contribution is -2.56. The molecule has 5 nitrogen and oxygen atoms in total. The number of esters is 1. The molecule has 1 aliphatic carbocycles. The van der Waals surface area contributed by atoms with E-state index in [9.17, 15) is 18.0 Å². The van der Waals surface area contributed by atoms with Crippen LogP contribution in [-0.2, 0) is 15.7 Å². The molecule has 3 rings (SSSR count). The third-order valence-corrected chi connectivity index (χ3v) is 5.55. The quantitative estimate of drug-likeness (QED) is 0.520. The Morgan fingerprint density at radius 2 is 2.18 bits per heavy atom. The summed E-state index contributed by atoms with van der Waals surface area (Å²) >= 11 is 0. The van der Waals surface area contributed by atoms with Crippen LogP contribution < -0.4 is 10.1 Å². The molecular formula is C20H27F3N2O3. The Morgan fingerprint density at radius 3 is 2.86 bits per heavy atom. The van der Waals surface area contributed by atoms with Gasteiger partial charge in [-0.05, 0) is 24.8 Å². The predicted molar refractivity (Wildman–Crippen MR) is 96.5 cm³/mol. The number of piperidine rings is 1. The molecule has 0 radical (unpaired) electrons. The van der Waals surface area contributed by atoms with Crippen molar-refractivity contribution in [1.82, 2.24) is 10.3 Å². The summed E-state index contributed by atoms with van der Waals surface area (Å²) in [6.45, 7) is 4.65. The Bertz CT molecular complexity index is 698. The number of hydrogen-bond acceptors (Lipinski definition) is 5. The lowest BCUT2D eigenvalue weighted by Gasteiger charge is -2.35. The molecule has 2 bridgehead atoms. The molecule has 2 aliphatic rings. The highest BCUT2D eigenvalue weighted by Crippen LogP contribution is 2.43. The monoisotopic (exact) mass is 400 g/mol. The van der Waals surface area contributed by atoms with Crippen molar-refractivity contribution in [3.8, 4) is 5.88 Å². The van der Waals surface area contributed by atoms with Crippen LogP contribution in [0.15, 0.2) is 18.2 Å². The van der Waals surface area contributed by atoms with E-state index in [0.29, 0.717) is 19.4 Å². The summed E-state index contributed by atoms with van der Waals surface area (Å²) in [6.07, 6.45) is -0.0209. The van der Waals surface area contributed by atoms with Gasteiger partial charge in [-0.3, -0.25) is 10.1 Å². The van der Waals surface area contributed by atoms with Gasteiger partial charge in [-0.1, -0.05) is 39.2 Å². The summed E-state index contributed by atoms with van der Waals surface area (Å²) in [5, 5.41) is 3.22. The molecule has 1 aromatic rings. The summed E-state index contributed by atoms with van der Waals surface area (Å²) in [5.74, 6) is -0.369. The minimum absolute atomic E-state index is 0.111. The van der Waals surface area contributed by atoms with Crippen LogP contribution in [0.3, 0.4) is 0 Å². The van der Waals surface area contributed by atoms with E-state index in [2.05, 4.69) is 17.2 Å². The number of halogens is 3.